The van der Waals surface area contributed by atoms with Gasteiger partial charge >= 0.3 is 0 Å². The number of hydrogen-bond donors (Lipinski definition) is 1. The summed E-state index contributed by atoms with van der Waals surface area (Å²) in [6.45, 7) is 3.74. The standard InChI is InChI=1S/C25H23FN4O/c1-16-22-13-20(28-10-8-21(31)15-28)6-7-23(22)29-11-9-27-25(29)24-12-18(14-30(16)24)17-2-4-19(26)5-3-17/h2-7,9,11-14,16,21,31H,8,10,15H2,1H3. The Morgan fingerprint density at radius 3 is 2.68 bits per heavy atom. The van der Waals surface area contributed by atoms with Crippen LogP contribution in [0.25, 0.3) is 28.3 Å². The van der Waals surface area contributed by atoms with Crippen LogP contribution in [0, 0.1) is 5.82 Å². The topological polar surface area (TPSA) is 46.2 Å². The number of β-amino-alcohol motifs (C(OH)–C–C–N with tert-alkyl or cyclic N) is 1. The van der Waals surface area contributed by atoms with Gasteiger partial charge in [0.15, 0.2) is 5.82 Å². The highest BCUT2D eigenvalue weighted by atomic mass is 19.1. The molecule has 2 aromatic carbocycles. The smallest absolute Gasteiger partial charge is 0.161 e. The minimum Gasteiger partial charge on any atom is -0.391 e. The van der Waals surface area contributed by atoms with E-state index < -0.39 is 0 Å². The molecule has 6 heteroatoms. The van der Waals surface area contributed by atoms with E-state index >= 15 is 0 Å². The second kappa shape index (κ2) is 6.82. The summed E-state index contributed by atoms with van der Waals surface area (Å²) in [6.07, 6.45) is 6.51. The van der Waals surface area contributed by atoms with Crippen molar-refractivity contribution in [2.24, 2.45) is 0 Å². The number of halogens is 1. The Morgan fingerprint density at radius 2 is 1.90 bits per heavy atom. The normalized spacial score (nSPS) is 19.6. The van der Waals surface area contributed by atoms with Crippen molar-refractivity contribution >= 4 is 5.69 Å². The van der Waals surface area contributed by atoms with E-state index in [-0.39, 0.29) is 18.0 Å². The van der Waals surface area contributed by atoms with E-state index in [1.165, 1.54) is 17.7 Å². The molecule has 0 aliphatic carbocycles. The molecule has 156 valence electrons. The van der Waals surface area contributed by atoms with E-state index in [2.05, 4.69) is 56.4 Å². The molecular formula is C25H23FN4O. The molecule has 1 saturated heterocycles. The number of benzene rings is 2. The van der Waals surface area contributed by atoms with E-state index in [0.29, 0.717) is 6.54 Å². The minimum absolute atomic E-state index is 0.0911. The van der Waals surface area contributed by atoms with Gasteiger partial charge in [-0.3, -0.25) is 4.57 Å². The molecule has 0 bridgehead atoms. The van der Waals surface area contributed by atoms with Crippen LogP contribution in [0.1, 0.15) is 24.9 Å². The summed E-state index contributed by atoms with van der Waals surface area (Å²) in [5.74, 6) is 0.658. The third-order valence-electron chi connectivity index (χ3n) is 6.56. The van der Waals surface area contributed by atoms with Crippen LogP contribution in [0.3, 0.4) is 0 Å². The highest BCUT2D eigenvalue weighted by Crippen LogP contribution is 2.40. The zero-order chi connectivity index (χ0) is 21.1. The number of aliphatic hydroxyl groups excluding tert-OH is 1. The van der Waals surface area contributed by atoms with Crippen molar-refractivity contribution in [3.05, 3.63) is 78.5 Å². The number of rotatable bonds is 2. The van der Waals surface area contributed by atoms with Crippen LogP contribution in [-0.2, 0) is 0 Å². The molecule has 4 heterocycles. The van der Waals surface area contributed by atoms with Gasteiger partial charge in [-0.2, -0.15) is 0 Å². The molecule has 2 unspecified atom stereocenters. The predicted molar refractivity (Wildman–Crippen MR) is 119 cm³/mol. The molecule has 0 spiro atoms. The molecule has 2 aliphatic rings. The van der Waals surface area contributed by atoms with Crippen molar-refractivity contribution in [2.45, 2.75) is 25.5 Å². The largest absolute Gasteiger partial charge is 0.391 e. The van der Waals surface area contributed by atoms with Crippen LogP contribution in [0.5, 0.6) is 0 Å². The lowest BCUT2D eigenvalue weighted by Gasteiger charge is -2.22. The van der Waals surface area contributed by atoms with Gasteiger partial charge in [-0.25, -0.2) is 9.37 Å². The SMILES string of the molecule is CC1c2cc(N3CCC(O)C3)ccc2-n2ccnc2-c2cc(-c3ccc(F)cc3)cn21. The number of fused-ring (bicyclic) bond motifs is 5. The van der Waals surface area contributed by atoms with E-state index in [4.69, 9.17) is 0 Å². The van der Waals surface area contributed by atoms with Crippen LogP contribution < -0.4 is 4.90 Å². The second-order valence-corrected chi connectivity index (χ2v) is 8.46. The minimum atomic E-state index is -0.259. The van der Waals surface area contributed by atoms with Crippen molar-refractivity contribution in [3.8, 4) is 28.3 Å². The molecule has 2 aliphatic heterocycles. The molecule has 2 atom stereocenters. The van der Waals surface area contributed by atoms with Gasteiger partial charge in [0.25, 0.3) is 0 Å². The monoisotopic (exact) mass is 414 g/mol. The first kappa shape index (κ1) is 18.4. The first-order valence-corrected chi connectivity index (χ1v) is 10.7. The van der Waals surface area contributed by atoms with Gasteiger partial charge in [0.2, 0.25) is 0 Å². The summed E-state index contributed by atoms with van der Waals surface area (Å²) in [5.41, 5.74) is 6.52. The van der Waals surface area contributed by atoms with Crippen LogP contribution in [-0.4, -0.2) is 38.4 Å². The van der Waals surface area contributed by atoms with Crippen molar-refractivity contribution in [2.75, 3.05) is 18.0 Å². The predicted octanol–water partition coefficient (Wildman–Crippen LogP) is 4.64. The molecule has 5 nitrogen and oxygen atoms in total. The second-order valence-electron chi connectivity index (χ2n) is 8.46. The number of hydrogen-bond acceptors (Lipinski definition) is 3. The van der Waals surface area contributed by atoms with Crippen LogP contribution in [0.4, 0.5) is 10.1 Å². The third-order valence-corrected chi connectivity index (χ3v) is 6.56. The quantitative estimate of drug-likeness (QED) is 0.520. The lowest BCUT2D eigenvalue weighted by Crippen LogP contribution is -2.21. The number of aromatic nitrogens is 3. The highest BCUT2D eigenvalue weighted by Gasteiger charge is 2.27. The number of anilines is 1. The molecule has 31 heavy (non-hydrogen) atoms. The maximum atomic E-state index is 13.4. The van der Waals surface area contributed by atoms with Crippen molar-refractivity contribution in [1.29, 1.82) is 0 Å². The molecule has 1 N–H and O–H groups in total. The van der Waals surface area contributed by atoms with E-state index in [9.17, 15) is 9.50 Å². The summed E-state index contributed by atoms with van der Waals surface area (Å²) in [6, 6.07) is 15.4. The number of imidazole rings is 1. The van der Waals surface area contributed by atoms with Gasteiger partial charge in [0.1, 0.15) is 5.82 Å². The molecule has 0 radical (unpaired) electrons. The van der Waals surface area contributed by atoms with Crippen molar-refractivity contribution in [1.82, 2.24) is 14.1 Å². The Morgan fingerprint density at radius 1 is 1.06 bits per heavy atom. The molecule has 1 fully saturated rings. The third kappa shape index (κ3) is 2.90. The average Bonchev–Trinajstić information content (AvgIpc) is 3.51. The van der Waals surface area contributed by atoms with Gasteiger partial charge in [-0.15, -0.1) is 0 Å². The fraction of sp³-hybridized carbons (Fsp3) is 0.240. The summed E-state index contributed by atoms with van der Waals surface area (Å²) in [7, 11) is 0. The molecule has 6 rings (SSSR count). The van der Waals surface area contributed by atoms with Crippen molar-refractivity contribution in [3.63, 3.8) is 0 Å². The van der Waals surface area contributed by atoms with E-state index in [1.807, 2.05) is 24.5 Å². The van der Waals surface area contributed by atoms with Gasteiger partial charge in [-0.05, 0) is 55.3 Å². The van der Waals surface area contributed by atoms with E-state index in [0.717, 1.165) is 47.0 Å². The maximum absolute atomic E-state index is 13.4. The molecule has 2 aromatic heterocycles. The summed E-state index contributed by atoms with van der Waals surface area (Å²) in [4.78, 5) is 6.91. The summed E-state index contributed by atoms with van der Waals surface area (Å²) >= 11 is 0. The maximum Gasteiger partial charge on any atom is 0.161 e. The van der Waals surface area contributed by atoms with Gasteiger partial charge in [0, 0.05) is 48.5 Å². The van der Waals surface area contributed by atoms with Gasteiger partial charge in [-0.1, -0.05) is 12.1 Å². The van der Waals surface area contributed by atoms with Crippen molar-refractivity contribution < 1.29 is 9.50 Å². The molecule has 0 amide bonds. The molecular weight excluding hydrogens is 391 g/mol. The highest BCUT2D eigenvalue weighted by molar-refractivity contribution is 5.72. The van der Waals surface area contributed by atoms with Gasteiger partial charge in [0.05, 0.1) is 23.5 Å². The number of nitrogens with zero attached hydrogens (tertiary/aromatic N) is 4. The summed E-state index contributed by atoms with van der Waals surface area (Å²) in [5, 5.41) is 9.98. The molecule has 0 saturated carbocycles. The van der Waals surface area contributed by atoms with Crippen LogP contribution >= 0.6 is 0 Å². The average molecular weight is 414 g/mol. The Labute approximate surface area is 180 Å². The van der Waals surface area contributed by atoms with Crippen LogP contribution in [0.2, 0.25) is 0 Å². The lowest BCUT2D eigenvalue weighted by molar-refractivity contribution is 0.198. The van der Waals surface area contributed by atoms with Gasteiger partial charge < -0.3 is 14.6 Å². The Hall–Kier alpha value is -3.38. The first-order chi connectivity index (χ1) is 15.1. The van der Waals surface area contributed by atoms with E-state index in [1.54, 1.807) is 0 Å². The Balaban J connectivity index is 1.50. The Kier molecular flexibility index (Phi) is 4.05. The number of aliphatic hydroxyl groups is 1. The zero-order valence-corrected chi connectivity index (χ0v) is 17.2. The first-order valence-electron chi connectivity index (χ1n) is 10.7. The lowest BCUT2D eigenvalue weighted by atomic mass is 10.0. The fourth-order valence-electron chi connectivity index (χ4n) is 4.89. The summed E-state index contributed by atoms with van der Waals surface area (Å²) < 4.78 is 17.8. The Bertz CT molecular complexity index is 1270. The molecule has 4 aromatic rings. The fourth-order valence-corrected chi connectivity index (χ4v) is 4.89. The zero-order valence-electron chi connectivity index (χ0n) is 17.2. The van der Waals surface area contributed by atoms with Crippen LogP contribution in [0.15, 0.2) is 67.1 Å².